The van der Waals surface area contributed by atoms with Crippen LogP contribution in [0.25, 0.3) is 11.0 Å². The van der Waals surface area contributed by atoms with Crippen LogP contribution >= 0.6 is 15.9 Å². The van der Waals surface area contributed by atoms with Crippen LogP contribution in [0.4, 0.5) is 5.95 Å². The molecule has 172 valence electrons. The Kier molecular flexibility index (Phi) is 6.20. The minimum atomic E-state index is -1.02. The normalized spacial score (nSPS) is 17.6. The highest BCUT2D eigenvalue weighted by molar-refractivity contribution is 9.10. The smallest absolute Gasteiger partial charge is 0.321 e. The van der Waals surface area contributed by atoms with Crippen molar-refractivity contribution in [3.05, 3.63) is 94.5 Å². The lowest BCUT2D eigenvalue weighted by Gasteiger charge is -2.38. The topological polar surface area (TPSA) is 64.4 Å². The van der Waals surface area contributed by atoms with Gasteiger partial charge in [-0.1, -0.05) is 70.5 Å². The summed E-state index contributed by atoms with van der Waals surface area (Å²) in [4.78, 5) is 33.7. The molecule has 0 radical (unpaired) electrons. The first kappa shape index (κ1) is 22.3. The molecule has 0 spiro atoms. The molecule has 7 heteroatoms. The van der Waals surface area contributed by atoms with Gasteiger partial charge in [-0.3, -0.25) is 14.5 Å². The summed E-state index contributed by atoms with van der Waals surface area (Å²) >= 11 is 3.54. The van der Waals surface area contributed by atoms with Gasteiger partial charge in [0, 0.05) is 11.0 Å². The van der Waals surface area contributed by atoms with Crippen LogP contribution in [0.1, 0.15) is 24.1 Å². The highest BCUT2D eigenvalue weighted by atomic mass is 79.9. The number of benzene rings is 3. The Labute approximate surface area is 206 Å². The summed E-state index contributed by atoms with van der Waals surface area (Å²) in [6.07, 6.45) is 0.646. The third-order valence-electron chi connectivity index (χ3n) is 6.14. The number of imidazole rings is 1. The monoisotopic (exact) mass is 517 g/mol. The van der Waals surface area contributed by atoms with Gasteiger partial charge in [-0.25, -0.2) is 4.98 Å². The lowest BCUT2D eigenvalue weighted by Crippen LogP contribution is -2.50. The molecule has 0 saturated heterocycles. The zero-order valence-corrected chi connectivity index (χ0v) is 20.3. The largest absolute Gasteiger partial charge is 0.465 e. The van der Waals surface area contributed by atoms with Crippen molar-refractivity contribution in [3.63, 3.8) is 0 Å². The first-order chi connectivity index (χ1) is 16.6. The third-order valence-corrected chi connectivity index (χ3v) is 6.64. The van der Waals surface area contributed by atoms with Crippen LogP contribution in [0.5, 0.6) is 0 Å². The number of ether oxygens (including phenoxy) is 1. The summed E-state index contributed by atoms with van der Waals surface area (Å²) in [5, 5.41) is 0. The molecule has 1 amide bonds. The first-order valence-corrected chi connectivity index (χ1v) is 12.1. The molecular weight excluding hydrogens is 494 g/mol. The van der Waals surface area contributed by atoms with Gasteiger partial charge in [-0.15, -0.1) is 0 Å². The number of para-hydroxylation sites is 2. The van der Waals surface area contributed by atoms with E-state index in [9.17, 15) is 9.59 Å². The number of anilines is 1. The van der Waals surface area contributed by atoms with Crippen LogP contribution in [-0.4, -0.2) is 34.6 Å². The zero-order valence-electron chi connectivity index (χ0n) is 18.7. The fourth-order valence-corrected chi connectivity index (χ4v) is 5.05. The Hall–Kier alpha value is -3.45. The molecule has 4 aromatic rings. The second-order valence-electron chi connectivity index (χ2n) is 8.23. The maximum absolute atomic E-state index is 13.9. The molecule has 1 aliphatic rings. The average molecular weight is 518 g/mol. The molecule has 6 nitrogen and oxygen atoms in total. The van der Waals surface area contributed by atoms with Crippen LogP contribution in [0.2, 0.25) is 0 Å². The molecule has 0 fully saturated rings. The number of carbonyl (C=O) groups is 2. The van der Waals surface area contributed by atoms with Gasteiger partial charge in [0.25, 0.3) is 0 Å². The van der Waals surface area contributed by atoms with Crippen molar-refractivity contribution in [2.75, 3.05) is 18.1 Å². The highest BCUT2D eigenvalue weighted by Gasteiger charge is 2.47. The Balaban J connectivity index is 1.69. The Morgan fingerprint density at radius 2 is 1.79 bits per heavy atom. The molecule has 0 aliphatic carbocycles. The standard InChI is InChI=1S/C27H24BrN3O3/c1-2-34-26(33)23-24(19-11-8-12-20(28)17-19)31-22-14-7-6-13-21(22)29-27(31)30(25(23)32)16-15-18-9-4-3-5-10-18/h3-14,17,23-24H,2,15-16H2,1H3/t23-,24-/m0/s1. The van der Waals surface area contributed by atoms with E-state index < -0.39 is 17.9 Å². The van der Waals surface area contributed by atoms with E-state index in [1.165, 1.54) is 0 Å². The van der Waals surface area contributed by atoms with Gasteiger partial charge in [-0.2, -0.15) is 0 Å². The fraction of sp³-hybridized carbons (Fsp3) is 0.222. The maximum Gasteiger partial charge on any atom is 0.321 e. The molecular formula is C27H24BrN3O3. The van der Waals surface area contributed by atoms with Gasteiger partial charge in [0.05, 0.1) is 23.7 Å². The number of rotatable bonds is 6. The molecule has 1 aromatic heterocycles. The van der Waals surface area contributed by atoms with Gasteiger partial charge in [-0.05, 0) is 48.7 Å². The molecule has 3 aromatic carbocycles. The number of nitrogens with zero attached hydrogens (tertiary/aromatic N) is 3. The van der Waals surface area contributed by atoms with E-state index in [0.29, 0.717) is 18.9 Å². The number of aromatic nitrogens is 2. The molecule has 34 heavy (non-hydrogen) atoms. The molecule has 2 atom stereocenters. The van der Waals surface area contributed by atoms with E-state index in [0.717, 1.165) is 26.6 Å². The summed E-state index contributed by atoms with van der Waals surface area (Å²) in [6, 6.07) is 24.9. The SMILES string of the molecule is CCOC(=O)[C@@H]1C(=O)N(CCc2ccccc2)c2nc3ccccc3n2[C@H]1c1cccc(Br)c1. The minimum Gasteiger partial charge on any atom is -0.465 e. The third kappa shape index (κ3) is 4.01. The number of esters is 1. The minimum absolute atomic E-state index is 0.204. The second-order valence-corrected chi connectivity index (χ2v) is 9.14. The molecule has 5 rings (SSSR count). The molecule has 0 saturated carbocycles. The van der Waals surface area contributed by atoms with Crippen molar-refractivity contribution in [3.8, 4) is 0 Å². The van der Waals surface area contributed by atoms with Gasteiger partial charge >= 0.3 is 5.97 Å². The summed E-state index contributed by atoms with van der Waals surface area (Å²) in [5.41, 5.74) is 3.60. The van der Waals surface area contributed by atoms with E-state index in [1.54, 1.807) is 11.8 Å². The fourth-order valence-electron chi connectivity index (χ4n) is 4.64. The van der Waals surface area contributed by atoms with Crippen LogP contribution in [-0.2, 0) is 20.7 Å². The molecule has 2 heterocycles. The lowest BCUT2D eigenvalue weighted by molar-refractivity contribution is -0.153. The second kappa shape index (κ2) is 9.43. The molecule has 0 bridgehead atoms. The van der Waals surface area contributed by atoms with E-state index in [1.807, 2.05) is 83.4 Å². The number of fused-ring (bicyclic) bond motifs is 3. The highest BCUT2D eigenvalue weighted by Crippen LogP contribution is 2.41. The van der Waals surface area contributed by atoms with Gasteiger partial charge < -0.3 is 9.30 Å². The first-order valence-electron chi connectivity index (χ1n) is 11.3. The predicted octanol–water partition coefficient (Wildman–Crippen LogP) is 5.16. The van der Waals surface area contributed by atoms with Crippen molar-refractivity contribution in [2.45, 2.75) is 19.4 Å². The van der Waals surface area contributed by atoms with Gasteiger partial charge in [0.2, 0.25) is 11.9 Å². The van der Waals surface area contributed by atoms with Crippen LogP contribution < -0.4 is 4.90 Å². The lowest BCUT2D eigenvalue weighted by atomic mass is 9.89. The van der Waals surface area contributed by atoms with Gasteiger partial charge in [0.1, 0.15) is 0 Å². The zero-order chi connectivity index (χ0) is 23.7. The Morgan fingerprint density at radius 1 is 1.03 bits per heavy atom. The van der Waals surface area contributed by atoms with Crippen molar-refractivity contribution in [2.24, 2.45) is 5.92 Å². The summed E-state index contributed by atoms with van der Waals surface area (Å²) in [7, 11) is 0. The number of halogens is 1. The molecule has 0 unspecified atom stereocenters. The number of hydrogen-bond acceptors (Lipinski definition) is 4. The maximum atomic E-state index is 13.9. The van der Waals surface area contributed by atoms with E-state index >= 15 is 0 Å². The molecule has 0 N–H and O–H groups in total. The predicted molar refractivity (Wildman–Crippen MR) is 135 cm³/mol. The summed E-state index contributed by atoms with van der Waals surface area (Å²) in [5.74, 6) is -1.28. The number of hydrogen-bond donors (Lipinski definition) is 0. The van der Waals surface area contributed by atoms with Crippen LogP contribution in [0.15, 0.2) is 83.3 Å². The van der Waals surface area contributed by atoms with Crippen LogP contribution in [0, 0.1) is 5.92 Å². The molecule has 1 aliphatic heterocycles. The van der Waals surface area contributed by atoms with Crippen molar-refractivity contribution in [1.29, 1.82) is 0 Å². The van der Waals surface area contributed by atoms with Crippen molar-refractivity contribution >= 4 is 44.8 Å². The van der Waals surface area contributed by atoms with E-state index in [4.69, 9.17) is 9.72 Å². The van der Waals surface area contributed by atoms with Crippen LogP contribution in [0.3, 0.4) is 0 Å². The summed E-state index contributed by atoms with van der Waals surface area (Å²) in [6.45, 7) is 2.37. The number of amides is 1. The van der Waals surface area contributed by atoms with Gasteiger partial charge in [0.15, 0.2) is 5.92 Å². The van der Waals surface area contributed by atoms with E-state index in [-0.39, 0.29) is 12.5 Å². The Morgan fingerprint density at radius 3 is 2.56 bits per heavy atom. The quantitative estimate of drug-likeness (QED) is 0.262. The van der Waals surface area contributed by atoms with Crippen molar-refractivity contribution in [1.82, 2.24) is 9.55 Å². The van der Waals surface area contributed by atoms with E-state index in [2.05, 4.69) is 15.9 Å². The van der Waals surface area contributed by atoms with Crippen molar-refractivity contribution < 1.29 is 14.3 Å². The summed E-state index contributed by atoms with van der Waals surface area (Å²) < 4.78 is 8.31. The Bertz CT molecular complexity index is 1350. The number of carbonyl (C=O) groups excluding carboxylic acids is 2. The average Bonchev–Trinajstić information content (AvgIpc) is 3.22.